The average molecular weight is 635 g/mol. The predicted octanol–water partition coefficient (Wildman–Crippen LogP) is 3.55. The summed E-state index contributed by atoms with van der Waals surface area (Å²) >= 11 is 1.28. The molecule has 1 aromatic rings. The second-order valence-electron chi connectivity index (χ2n) is 5.91. The fraction of sp³-hybridized carbons (Fsp3) is 0.320. The third-order valence-corrected chi connectivity index (χ3v) is 5.28. The van der Waals surface area contributed by atoms with Crippen LogP contribution in [0.4, 0.5) is 0 Å². The number of allylic oxidation sites excluding steroid dienone is 2. The van der Waals surface area contributed by atoms with E-state index in [9.17, 15) is 4.79 Å². The summed E-state index contributed by atoms with van der Waals surface area (Å²) in [5.74, 6) is 0.0554. The molecule has 1 aliphatic rings. The minimum absolute atomic E-state index is 0.0554. The normalized spacial score (nSPS) is 11.7. The number of carbonyl (C=O) groups excluding carboxylic acids is 1. The van der Waals surface area contributed by atoms with Crippen molar-refractivity contribution in [2.45, 2.75) is 33.6 Å². The van der Waals surface area contributed by atoms with Gasteiger partial charge >= 0.3 is 212 Å². The van der Waals surface area contributed by atoms with Crippen LogP contribution in [0.15, 0.2) is 47.7 Å². The van der Waals surface area contributed by atoms with Crippen molar-refractivity contribution < 1.29 is 52.1 Å². The Balaban J connectivity index is -0.000000398. The van der Waals surface area contributed by atoms with Crippen molar-refractivity contribution in [3.05, 3.63) is 86.5 Å². The number of benzene rings is 1. The molecule has 0 saturated carbocycles. The maximum absolute atomic E-state index is 11.9. The summed E-state index contributed by atoms with van der Waals surface area (Å²) in [5, 5.41) is 0. The van der Waals surface area contributed by atoms with E-state index in [-0.39, 0.29) is 5.78 Å². The molecule has 0 unspecified atom stereocenters. The number of likely N-dealkylation sites (tertiary alicyclic amines) is 1. The molecule has 0 aliphatic carbocycles. The number of ether oxygens (including phenoxy) is 1. The minimum atomic E-state index is 0.0554. The first-order valence-electron chi connectivity index (χ1n) is 9.47. The Morgan fingerprint density at radius 3 is 1.76 bits per heavy atom. The molecule has 1 aliphatic heterocycles. The first-order chi connectivity index (χ1) is 16.5. The average Bonchev–Trinajstić information content (AvgIpc) is 3.45. The van der Waals surface area contributed by atoms with Gasteiger partial charge in [-0.05, 0) is 0 Å². The van der Waals surface area contributed by atoms with Gasteiger partial charge in [-0.3, -0.25) is 0 Å². The standard InChI is InChI=1S/C20H25NO2.5CO.W/c1-4-23-15-20(17(3)21-12-8-9-13-21)19(14-16(2)22)18-10-6-5-7-11-18;5*1-2;/h5-7,10-11,14H,4,8-9,12-13H2,1-3H3;;;;;;. The van der Waals surface area contributed by atoms with E-state index in [2.05, 4.69) is 57.2 Å². The molecule has 1 heterocycles. The zero-order valence-electron chi connectivity index (χ0n) is 19.2. The number of nitrogens with zero attached hydrogens (tertiary/aromatic N) is 1. The summed E-state index contributed by atoms with van der Waals surface area (Å²) in [5.41, 5.74) is 4.31. The zero-order chi connectivity index (χ0) is 27.5. The van der Waals surface area contributed by atoms with Crippen molar-refractivity contribution in [2.24, 2.45) is 0 Å². The summed E-state index contributed by atoms with van der Waals surface area (Å²) in [4.78, 5) is 14.3. The van der Waals surface area contributed by atoms with Gasteiger partial charge in [0, 0.05) is 0 Å². The van der Waals surface area contributed by atoms with Crippen LogP contribution in [0, 0.1) is 33.3 Å². The van der Waals surface area contributed by atoms with Crippen LogP contribution in [-0.2, 0) is 52.1 Å². The molecule has 0 spiro atoms. The monoisotopic (exact) mass is 635 g/mol. The SMILES string of the molecule is CCO[C](=[W])C(C(=CC(C)=O)c1ccccc1)=C(C)N1CCCC1.[C-]#[O+].[C-]#[O+].[C-]#[O+].[C-]#[O+].[C-]#[O+]. The molecule has 1 saturated heterocycles. The quantitative estimate of drug-likeness (QED) is 0.197. The summed E-state index contributed by atoms with van der Waals surface area (Å²) in [6.07, 6.45) is 4.19. The number of carbonyl (C=O) groups is 1. The van der Waals surface area contributed by atoms with E-state index in [4.69, 9.17) is 28.0 Å². The molecule has 0 amide bonds. The molecule has 1 aromatic carbocycles. The number of hydrogen-bond acceptors (Lipinski definition) is 3. The maximum atomic E-state index is 11.9. The van der Waals surface area contributed by atoms with Crippen LogP contribution < -0.4 is 0 Å². The molecule has 2 rings (SSSR count). The van der Waals surface area contributed by atoms with Gasteiger partial charge in [-0.25, -0.2) is 0 Å². The summed E-state index contributed by atoms with van der Waals surface area (Å²) in [6, 6.07) is 10.1. The van der Waals surface area contributed by atoms with E-state index >= 15 is 0 Å². The summed E-state index contributed by atoms with van der Waals surface area (Å²) < 4.78 is 44.3. The molecule has 9 heteroatoms. The second-order valence-corrected chi connectivity index (χ2v) is 7.24. The molecular formula is C25H25NO7W. The van der Waals surface area contributed by atoms with Crippen molar-refractivity contribution in [3.8, 4) is 0 Å². The van der Waals surface area contributed by atoms with Gasteiger partial charge in [0.1, 0.15) is 0 Å². The first kappa shape index (κ1) is 38.6. The number of rotatable bonds is 7. The van der Waals surface area contributed by atoms with E-state index in [0.29, 0.717) is 6.61 Å². The van der Waals surface area contributed by atoms with Gasteiger partial charge in [-0.1, -0.05) is 0 Å². The van der Waals surface area contributed by atoms with E-state index in [1.807, 2.05) is 25.1 Å². The van der Waals surface area contributed by atoms with Gasteiger partial charge in [0.2, 0.25) is 0 Å². The van der Waals surface area contributed by atoms with E-state index in [1.165, 1.54) is 37.9 Å². The van der Waals surface area contributed by atoms with Gasteiger partial charge in [0.15, 0.2) is 0 Å². The van der Waals surface area contributed by atoms with Crippen LogP contribution in [0.3, 0.4) is 0 Å². The Kier molecular flexibility index (Phi) is 32.3. The van der Waals surface area contributed by atoms with Crippen molar-refractivity contribution in [3.63, 3.8) is 0 Å². The third kappa shape index (κ3) is 15.3. The number of hydrogen-bond donors (Lipinski definition) is 0. The third-order valence-electron chi connectivity index (χ3n) is 4.12. The zero-order valence-corrected chi connectivity index (χ0v) is 22.1. The molecule has 1 fully saturated rings. The summed E-state index contributed by atoms with van der Waals surface area (Å²) in [7, 11) is 0. The van der Waals surface area contributed by atoms with Crippen molar-refractivity contribution >= 4 is 15.4 Å². The molecule has 0 N–H and O–H groups in total. The molecule has 0 atom stereocenters. The fourth-order valence-electron chi connectivity index (χ4n) is 2.99. The fourth-order valence-corrected chi connectivity index (χ4v) is 4.34. The molecule has 0 radical (unpaired) electrons. The van der Waals surface area contributed by atoms with Crippen molar-refractivity contribution in [1.29, 1.82) is 0 Å². The molecular weight excluding hydrogens is 610 g/mol. The Labute approximate surface area is 212 Å². The van der Waals surface area contributed by atoms with Crippen LogP contribution >= 0.6 is 0 Å². The molecule has 8 nitrogen and oxygen atoms in total. The topological polar surface area (TPSA) is 129 Å². The molecule has 0 aromatic heterocycles. The van der Waals surface area contributed by atoms with Gasteiger partial charge in [0.05, 0.1) is 0 Å². The summed E-state index contributed by atoms with van der Waals surface area (Å²) in [6.45, 7) is 31.0. The van der Waals surface area contributed by atoms with Crippen LogP contribution in [0.25, 0.3) is 5.57 Å². The Hall–Kier alpha value is -2.61. The Bertz CT molecular complexity index is 837. The molecule has 0 bridgehead atoms. The van der Waals surface area contributed by atoms with Gasteiger partial charge < -0.3 is 0 Å². The predicted molar refractivity (Wildman–Crippen MR) is 115 cm³/mol. The van der Waals surface area contributed by atoms with Crippen LogP contribution in [0.1, 0.15) is 39.2 Å². The van der Waals surface area contributed by atoms with E-state index in [1.54, 1.807) is 13.0 Å². The Morgan fingerprint density at radius 2 is 1.38 bits per heavy atom. The van der Waals surface area contributed by atoms with Crippen LogP contribution in [0.5, 0.6) is 0 Å². The van der Waals surface area contributed by atoms with E-state index in [0.717, 1.165) is 33.9 Å². The van der Waals surface area contributed by atoms with Gasteiger partial charge in [0.25, 0.3) is 0 Å². The first-order valence-corrected chi connectivity index (χ1v) is 10.9. The van der Waals surface area contributed by atoms with Gasteiger partial charge in [-0.15, -0.1) is 0 Å². The van der Waals surface area contributed by atoms with E-state index < -0.39 is 0 Å². The van der Waals surface area contributed by atoms with Crippen molar-refractivity contribution in [1.82, 2.24) is 4.90 Å². The second kappa shape index (κ2) is 28.4. The Morgan fingerprint density at radius 1 is 0.941 bits per heavy atom. The molecule has 34 heavy (non-hydrogen) atoms. The van der Waals surface area contributed by atoms with Crippen LogP contribution in [-0.4, -0.2) is 34.5 Å². The van der Waals surface area contributed by atoms with Crippen molar-refractivity contribution in [2.75, 3.05) is 19.7 Å². The van der Waals surface area contributed by atoms with Crippen LogP contribution in [0.2, 0.25) is 0 Å². The van der Waals surface area contributed by atoms with Gasteiger partial charge in [-0.2, -0.15) is 0 Å². The molecule has 178 valence electrons. The number of ketones is 1.